The highest BCUT2D eigenvalue weighted by Gasteiger charge is 2.45. The zero-order valence-corrected chi connectivity index (χ0v) is 19.6. The Hall–Kier alpha value is -2.77. The Kier molecular flexibility index (Phi) is 4.83. The number of carbonyl (C=O) groups is 1. The summed E-state index contributed by atoms with van der Waals surface area (Å²) >= 11 is 4.91. The van der Waals surface area contributed by atoms with Crippen LogP contribution < -0.4 is 10.3 Å². The van der Waals surface area contributed by atoms with E-state index < -0.39 is 6.04 Å². The van der Waals surface area contributed by atoms with Gasteiger partial charge in [-0.15, -0.1) is 11.3 Å². The minimum absolute atomic E-state index is 0.0974. The molecule has 0 spiro atoms. The number of hydrogen-bond acceptors (Lipinski definition) is 5. The summed E-state index contributed by atoms with van der Waals surface area (Å²) in [5.41, 5.74) is 3.39. The molecule has 1 atom stereocenters. The molecule has 2 aromatic carbocycles. The van der Waals surface area contributed by atoms with Crippen LogP contribution in [0.15, 0.2) is 56.1 Å². The summed E-state index contributed by atoms with van der Waals surface area (Å²) in [4.78, 5) is 34.5. The summed E-state index contributed by atoms with van der Waals surface area (Å²) in [6.45, 7) is 5.93. The molecule has 0 saturated heterocycles. The quantitative estimate of drug-likeness (QED) is 0.353. The number of nitrogens with zero attached hydrogens (tertiary/aromatic N) is 2. The van der Waals surface area contributed by atoms with E-state index in [2.05, 4.69) is 20.9 Å². The standard InChI is InChI=1S/C24H19BrN2O3S/c1-4-14-5-10-18-17(11-14)21(28)19-20(15-6-8-16(25)9-7-15)27(23(29)22(19)30-18)24-26-12(2)13(3)31-24/h5-11,20H,4H2,1-3H3. The predicted octanol–water partition coefficient (Wildman–Crippen LogP) is 5.94. The molecule has 0 saturated carbocycles. The summed E-state index contributed by atoms with van der Waals surface area (Å²) in [7, 11) is 0. The molecule has 7 heteroatoms. The summed E-state index contributed by atoms with van der Waals surface area (Å²) in [6, 6.07) is 12.6. The van der Waals surface area contributed by atoms with E-state index >= 15 is 0 Å². The number of fused-ring (bicyclic) bond motifs is 2. The number of hydrogen-bond donors (Lipinski definition) is 0. The average Bonchev–Trinajstić information content (AvgIpc) is 3.25. The maximum atomic E-state index is 13.7. The van der Waals surface area contributed by atoms with E-state index in [0.717, 1.165) is 32.6 Å². The van der Waals surface area contributed by atoms with Gasteiger partial charge in [-0.05, 0) is 55.7 Å². The lowest BCUT2D eigenvalue weighted by Gasteiger charge is -2.22. The number of aryl methyl sites for hydroxylation is 3. The molecule has 1 unspecified atom stereocenters. The third kappa shape index (κ3) is 3.15. The fourth-order valence-electron chi connectivity index (χ4n) is 3.96. The summed E-state index contributed by atoms with van der Waals surface area (Å²) in [6.07, 6.45) is 0.811. The molecule has 5 nitrogen and oxygen atoms in total. The van der Waals surface area contributed by atoms with E-state index in [4.69, 9.17) is 4.42 Å². The van der Waals surface area contributed by atoms with Crippen molar-refractivity contribution < 1.29 is 9.21 Å². The minimum Gasteiger partial charge on any atom is -0.450 e. The first kappa shape index (κ1) is 20.2. The van der Waals surface area contributed by atoms with Crippen LogP contribution in [0.4, 0.5) is 5.13 Å². The van der Waals surface area contributed by atoms with E-state index in [1.807, 2.05) is 57.2 Å². The number of thiazole rings is 1. The normalized spacial score (nSPS) is 15.7. The van der Waals surface area contributed by atoms with Crippen molar-refractivity contribution in [1.82, 2.24) is 4.98 Å². The van der Waals surface area contributed by atoms with Crippen molar-refractivity contribution >= 4 is 49.3 Å². The number of amides is 1. The summed E-state index contributed by atoms with van der Waals surface area (Å²) < 4.78 is 6.96. The van der Waals surface area contributed by atoms with E-state index in [1.165, 1.54) is 11.3 Å². The van der Waals surface area contributed by atoms with Crippen LogP contribution in [0, 0.1) is 13.8 Å². The molecule has 1 amide bonds. The predicted molar refractivity (Wildman–Crippen MR) is 126 cm³/mol. The van der Waals surface area contributed by atoms with Crippen molar-refractivity contribution in [2.45, 2.75) is 33.2 Å². The second-order valence-corrected chi connectivity index (χ2v) is 9.72. The zero-order chi connectivity index (χ0) is 21.9. The molecule has 0 aliphatic carbocycles. The molecule has 0 N–H and O–H groups in total. The van der Waals surface area contributed by atoms with Crippen LogP contribution in [0.2, 0.25) is 0 Å². The third-order valence-electron chi connectivity index (χ3n) is 5.75. The van der Waals surface area contributed by atoms with Gasteiger partial charge in [0.2, 0.25) is 5.76 Å². The molecular formula is C24H19BrN2O3S. The van der Waals surface area contributed by atoms with Crippen LogP contribution in [0.1, 0.15) is 50.8 Å². The van der Waals surface area contributed by atoms with E-state index in [1.54, 1.807) is 11.0 Å². The first-order valence-corrected chi connectivity index (χ1v) is 11.6. The molecule has 5 rings (SSSR count). The van der Waals surface area contributed by atoms with Crippen LogP contribution in [0.3, 0.4) is 0 Å². The average molecular weight is 495 g/mol. The lowest BCUT2D eigenvalue weighted by atomic mass is 9.98. The number of benzene rings is 2. The number of aromatic nitrogens is 1. The van der Waals surface area contributed by atoms with Crippen LogP contribution in [-0.4, -0.2) is 10.9 Å². The first-order valence-electron chi connectivity index (χ1n) is 10.0. The van der Waals surface area contributed by atoms with Gasteiger partial charge in [0.25, 0.3) is 5.91 Å². The lowest BCUT2D eigenvalue weighted by Crippen LogP contribution is -2.29. The van der Waals surface area contributed by atoms with Crippen molar-refractivity contribution in [3.63, 3.8) is 0 Å². The first-order chi connectivity index (χ1) is 14.9. The van der Waals surface area contributed by atoms with Gasteiger partial charge in [0.05, 0.1) is 22.7 Å². The Morgan fingerprint density at radius 2 is 1.87 bits per heavy atom. The molecular weight excluding hydrogens is 476 g/mol. The van der Waals surface area contributed by atoms with Crippen LogP contribution in [0.5, 0.6) is 0 Å². The fraction of sp³-hybridized carbons (Fsp3) is 0.208. The van der Waals surface area contributed by atoms with Crippen molar-refractivity contribution in [3.05, 3.63) is 90.2 Å². The van der Waals surface area contributed by atoms with Gasteiger partial charge in [-0.25, -0.2) is 4.98 Å². The maximum absolute atomic E-state index is 13.7. The number of halogens is 1. The summed E-state index contributed by atoms with van der Waals surface area (Å²) in [5, 5.41) is 1.07. The molecule has 0 radical (unpaired) electrons. The lowest BCUT2D eigenvalue weighted by molar-refractivity contribution is 0.0971. The van der Waals surface area contributed by atoms with Crippen molar-refractivity contribution in [2.24, 2.45) is 0 Å². The minimum atomic E-state index is -0.591. The monoisotopic (exact) mass is 494 g/mol. The molecule has 1 aliphatic rings. The van der Waals surface area contributed by atoms with Crippen molar-refractivity contribution in [2.75, 3.05) is 4.90 Å². The third-order valence-corrected chi connectivity index (χ3v) is 7.35. The Balaban J connectivity index is 1.81. The SMILES string of the molecule is CCc1ccc2oc3c(c(=O)c2c1)C(c1ccc(Br)cc1)N(c1nc(C)c(C)s1)C3=O. The van der Waals surface area contributed by atoms with Gasteiger partial charge in [0.15, 0.2) is 10.6 Å². The Morgan fingerprint density at radius 1 is 1.13 bits per heavy atom. The molecule has 31 heavy (non-hydrogen) atoms. The molecule has 1 aliphatic heterocycles. The molecule has 3 heterocycles. The molecule has 156 valence electrons. The van der Waals surface area contributed by atoms with E-state index in [-0.39, 0.29) is 17.1 Å². The Morgan fingerprint density at radius 3 is 2.52 bits per heavy atom. The van der Waals surface area contributed by atoms with Crippen molar-refractivity contribution in [3.8, 4) is 0 Å². The van der Waals surface area contributed by atoms with Gasteiger partial charge in [-0.1, -0.05) is 41.1 Å². The highest BCUT2D eigenvalue weighted by Crippen LogP contribution is 2.43. The maximum Gasteiger partial charge on any atom is 0.297 e. The van der Waals surface area contributed by atoms with Gasteiger partial charge in [0, 0.05) is 9.35 Å². The zero-order valence-electron chi connectivity index (χ0n) is 17.2. The van der Waals surface area contributed by atoms with Gasteiger partial charge >= 0.3 is 0 Å². The number of rotatable bonds is 3. The number of carbonyl (C=O) groups excluding carboxylic acids is 1. The molecule has 0 fully saturated rings. The van der Waals surface area contributed by atoms with Crippen LogP contribution >= 0.6 is 27.3 Å². The van der Waals surface area contributed by atoms with E-state index in [0.29, 0.717) is 21.7 Å². The van der Waals surface area contributed by atoms with E-state index in [9.17, 15) is 9.59 Å². The van der Waals surface area contributed by atoms with Gasteiger partial charge in [-0.3, -0.25) is 14.5 Å². The smallest absolute Gasteiger partial charge is 0.297 e. The molecule has 2 aromatic heterocycles. The summed E-state index contributed by atoms with van der Waals surface area (Å²) in [5.74, 6) is -0.240. The Labute approximate surface area is 191 Å². The topological polar surface area (TPSA) is 63.4 Å². The fourth-order valence-corrected chi connectivity index (χ4v) is 5.16. The van der Waals surface area contributed by atoms with Crippen molar-refractivity contribution in [1.29, 1.82) is 0 Å². The van der Waals surface area contributed by atoms with Gasteiger partial charge < -0.3 is 4.42 Å². The molecule has 0 bridgehead atoms. The number of anilines is 1. The molecule has 4 aromatic rings. The largest absolute Gasteiger partial charge is 0.450 e. The van der Waals surface area contributed by atoms with Crippen LogP contribution in [-0.2, 0) is 6.42 Å². The second kappa shape index (κ2) is 7.43. The van der Waals surface area contributed by atoms with Gasteiger partial charge in [0.1, 0.15) is 5.58 Å². The van der Waals surface area contributed by atoms with Gasteiger partial charge in [-0.2, -0.15) is 0 Å². The van der Waals surface area contributed by atoms with Crippen LogP contribution in [0.25, 0.3) is 11.0 Å². The second-order valence-electron chi connectivity index (χ2n) is 7.63. The highest BCUT2D eigenvalue weighted by atomic mass is 79.9. The Bertz CT molecular complexity index is 1390. The highest BCUT2D eigenvalue weighted by molar-refractivity contribution is 9.10.